The summed E-state index contributed by atoms with van der Waals surface area (Å²) in [5.74, 6) is 0.487. The summed E-state index contributed by atoms with van der Waals surface area (Å²) in [6.45, 7) is 14.1. The minimum atomic E-state index is -4.46. The van der Waals surface area contributed by atoms with Gasteiger partial charge in [-0.1, -0.05) is 36.8 Å². The number of hydrogen-bond acceptors (Lipinski definition) is 4. The van der Waals surface area contributed by atoms with Gasteiger partial charge in [0.25, 0.3) is 0 Å². The number of allylic oxidation sites excluding steroid dienone is 2. The Morgan fingerprint density at radius 2 is 1.92 bits per heavy atom. The van der Waals surface area contributed by atoms with E-state index in [9.17, 15) is 4.57 Å². The lowest BCUT2D eigenvalue weighted by Gasteiger charge is -2.20. The molecule has 0 amide bonds. The predicted octanol–water partition coefficient (Wildman–Crippen LogP) is 4.61. The van der Waals surface area contributed by atoms with Crippen LogP contribution in [0.3, 0.4) is 0 Å². The third-order valence-corrected chi connectivity index (χ3v) is 4.72. The van der Waals surface area contributed by atoms with Crippen LogP contribution in [0, 0.1) is 11.8 Å². The molecule has 25 heavy (non-hydrogen) atoms. The van der Waals surface area contributed by atoms with Crippen LogP contribution in [-0.4, -0.2) is 35.9 Å². The molecule has 0 aliphatic rings. The van der Waals surface area contributed by atoms with Gasteiger partial charge in [0.1, 0.15) is 19.5 Å². The van der Waals surface area contributed by atoms with Crippen molar-refractivity contribution < 1.29 is 27.9 Å². The third-order valence-electron chi connectivity index (χ3n) is 3.37. The van der Waals surface area contributed by atoms with Gasteiger partial charge in [-0.05, 0) is 38.5 Å². The van der Waals surface area contributed by atoms with Gasteiger partial charge in [0.2, 0.25) is 0 Å². The van der Waals surface area contributed by atoms with Crippen LogP contribution in [0.5, 0.6) is 0 Å². The Bertz CT molecular complexity index is 523. The maximum absolute atomic E-state index is 10.8. The molecular weight excluding hydrogens is 362 g/mol. The second kappa shape index (κ2) is 12.7. The van der Waals surface area contributed by atoms with Gasteiger partial charge in [0.05, 0.1) is 6.61 Å². The molecule has 8 heteroatoms. The first-order valence-electron chi connectivity index (χ1n) is 8.04. The lowest BCUT2D eigenvalue weighted by Crippen LogP contribution is -2.12. The second-order valence-electron chi connectivity index (χ2n) is 6.13. The van der Waals surface area contributed by atoms with Gasteiger partial charge in [-0.2, -0.15) is 4.52 Å². The Hall–Kier alpha value is -0.580. The molecule has 0 heterocycles. The molecule has 0 aliphatic carbocycles. The van der Waals surface area contributed by atoms with Crippen molar-refractivity contribution in [3.63, 3.8) is 0 Å². The van der Waals surface area contributed by atoms with Crippen molar-refractivity contribution in [1.82, 2.24) is 0 Å². The highest BCUT2D eigenvalue weighted by molar-refractivity contribution is 7.46. The highest BCUT2D eigenvalue weighted by atomic mass is 31.2. The lowest BCUT2D eigenvalue weighted by atomic mass is 9.87. The standard InChI is InChI=1S/C17H30O6P2/c1-7-8-16(5)17(11-15(4)13-23-25(18,19)20)9-10-21-24(6)22-12-14(2)3/h7,11,16-17H,1-2,6,8-10,12-13H2,3-5H3,(H-,18,19,20)/p+1/b15-11+. The van der Waals surface area contributed by atoms with Crippen LogP contribution < -0.4 is 0 Å². The molecule has 2 N–H and O–H groups in total. The Labute approximate surface area is 152 Å². The maximum Gasteiger partial charge on any atom is 0.469 e. The van der Waals surface area contributed by atoms with Crippen LogP contribution in [0.25, 0.3) is 0 Å². The van der Waals surface area contributed by atoms with E-state index in [1.54, 1.807) is 6.92 Å². The molecule has 0 spiro atoms. The number of hydrogen-bond donors (Lipinski definition) is 2. The zero-order chi connectivity index (χ0) is 19.5. The van der Waals surface area contributed by atoms with E-state index in [1.807, 2.05) is 19.1 Å². The topological polar surface area (TPSA) is 85.2 Å². The molecule has 0 radical (unpaired) electrons. The third kappa shape index (κ3) is 14.3. The Morgan fingerprint density at radius 3 is 2.44 bits per heavy atom. The molecular formula is C17H31O6P2+. The predicted molar refractivity (Wildman–Crippen MR) is 105 cm³/mol. The summed E-state index contributed by atoms with van der Waals surface area (Å²) >= 11 is 0. The molecule has 0 aromatic heterocycles. The highest BCUT2D eigenvalue weighted by Crippen LogP contribution is 2.36. The van der Waals surface area contributed by atoms with E-state index < -0.39 is 15.8 Å². The molecule has 6 nitrogen and oxygen atoms in total. The van der Waals surface area contributed by atoms with E-state index in [0.717, 1.165) is 24.0 Å². The highest BCUT2D eigenvalue weighted by Gasteiger charge is 2.19. The molecule has 0 aromatic rings. The average molecular weight is 393 g/mol. The summed E-state index contributed by atoms with van der Waals surface area (Å²) in [5.41, 5.74) is 1.68. The van der Waals surface area contributed by atoms with E-state index in [-0.39, 0.29) is 12.5 Å². The van der Waals surface area contributed by atoms with Crippen molar-refractivity contribution in [1.29, 1.82) is 0 Å². The van der Waals surface area contributed by atoms with Crippen molar-refractivity contribution in [2.75, 3.05) is 19.8 Å². The van der Waals surface area contributed by atoms with Gasteiger partial charge in [0.15, 0.2) is 0 Å². The van der Waals surface area contributed by atoms with Gasteiger partial charge in [-0.25, -0.2) is 4.57 Å². The molecule has 0 rings (SSSR count). The van der Waals surface area contributed by atoms with Gasteiger partial charge < -0.3 is 9.79 Å². The molecule has 0 saturated heterocycles. The molecule has 0 aliphatic heterocycles. The monoisotopic (exact) mass is 393 g/mol. The summed E-state index contributed by atoms with van der Waals surface area (Å²) in [5, 5.41) is 0. The minimum absolute atomic E-state index is 0.105. The van der Waals surface area contributed by atoms with Gasteiger partial charge in [-0.3, -0.25) is 4.52 Å². The Balaban J connectivity index is 4.62. The van der Waals surface area contributed by atoms with E-state index in [2.05, 4.69) is 30.9 Å². The second-order valence-corrected chi connectivity index (χ2v) is 8.55. The quantitative estimate of drug-likeness (QED) is 0.331. The molecule has 0 bridgehead atoms. The zero-order valence-electron chi connectivity index (χ0n) is 15.4. The summed E-state index contributed by atoms with van der Waals surface area (Å²) in [6.07, 6.45) is 9.26. The fourth-order valence-corrected chi connectivity index (χ4v) is 3.20. The fraction of sp³-hybridized carbons (Fsp3) is 0.588. The minimum Gasteiger partial charge on any atom is -0.303 e. The van der Waals surface area contributed by atoms with E-state index in [4.69, 9.17) is 18.8 Å². The van der Waals surface area contributed by atoms with Crippen LogP contribution in [-0.2, 0) is 18.1 Å². The number of phosphoric ester groups is 1. The number of rotatable bonds is 14. The van der Waals surface area contributed by atoms with Gasteiger partial charge in [-0.15, -0.1) is 11.1 Å². The van der Waals surface area contributed by atoms with E-state index in [0.29, 0.717) is 19.1 Å². The zero-order valence-corrected chi connectivity index (χ0v) is 17.2. The van der Waals surface area contributed by atoms with Crippen molar-refractivity contribution in [3.8, 4) is 0 Å². The van der Waals surface area contributed by atoms with Gasteiger partial charge in [0, 0.05) is 0 Å². The number of phosphoric acid groups is 1. The average Bonchev–Trinajstić information content (AvgIpc) is 2.49. The SMILES string of the molecule is C=CCC(C)C(/C=C(\C)COP(=O)(O)O)CCO[P+](=C)OCC(=C)C. The summed E-state index contributed by atoms with van der Waals surface area (Å²) in [7, 11) is -5.65. The lowest BCUT2D eigenvalue weighted by molar-refractivity contribution is 0.210. The first-order chi connectivity index (χ1) is 11.5. The van der Waals surface area contributed by atoms with E-state index >= 15 is 0 Å². The van der Waals surface area contributed by atoms with Crippen LogP contribution >= 0.6 is 15.8 Å². The molecule has 0 fully saturated rings. The smallest absolute Gasteiger partial charge is 0.303 e. The largest absolute Gasteiger partial charge is 0.469 e. The summed E-state index contributed by atoms with van der Waals surface area (Å²) < 4.78 is 26.4. The first-order valence-corrected chi connectivity index (χ1v) is 10.9. The summed E-state index contributed by atoms with van der Waals surface area (Å²) in [4.78, 5) is 17.6. The molecule has 144 valence electrons. The van der Waals surface area contributed by atoms with E-state index in [1.165, 1.54) is 0 Å². The Kier molecular flexibility index (Phi) is 12.4. The molecule has 0 aromatic carbocycles. The van der Waals surface area contributed by atoms with Crippen LogP contribution in [0.4, 0.5) is 0 Å². The van der Waals surface area contributed by atoms with Crippen molar-refractivity contribution >= 4 is 22.1 Å². The normalized spacial score (nSPS) is 15.6. The first kappa shape index (κ1) is 24.4. The summed E-state index contributed by atoms with van der Waals surface area (Å²) in [6, 6.07) is 0. The van der Waals surface area contributed by atoms with Crippen LogP contribution in [0.15, 0.2) is 36.5 Å². The van der Waals surface area contributed by atoms with Crippen molar-refractivity contribution in [3.05, 3.63) is 36.5 Å². The maximum atomic E-state index is 10.8. The van der Waals surface area contributed by atoms with Crippen LogP contribution in [0.2, 0.25) is 0 Å². The Morgan fingerprint density at radius 1 is 1.28 bits per heavy atom. The molecule has 0 saturated carbocycles. The van der Waals surface area contributed by atoms with Crippen LogP contribution in [0.1, 0.15) is 33.6 Å². The molecule has 3 atom stereocenters. The van der Waals surface area contributed by atoms with Gasteiger partial charge >= 0.3 is 15.8 Å². The fourth-order valence-electron chi connectivity index (χ4n) is 2.08. The van der Waals surface area contributed by atoms with Crippen molar-refractivity contribution in [2.24, 2.45) is 11.8 Å². The molecule has 3 unspecified atom stereocenters. The van der Waals surface area contributed by atoms with Crippen molar-refractivity contribution in [2.45, 2.75) is 33.6 Å².